The van der Waals surface area contributed by atoms with Crippen molar-refractivity contribution < 1.29 is 14.6 Å². The molecule has 1 aromatic carbocycles. The number of para-hydroxylation sites is 1. The molecule has 2 atom stereocenters. The number of carboxylic acid groups (broad SMARTS) is 1. The third kappa shape index (κ3) is 4.25. The molecule has 116 valence electrons. The Hall–Kier alpha value is -0.970. The quantitative estimate of drug-likeness (QED) is 0.896. The molecule has 1 saturated heterocycles. The van der Waals surface area contributed by atoms with Crippen LogP contribution in [-0.4, -0.2) is 41.7 Å². The maximum atomic E-state index is 11.0. The van der Waals surface area contributed by atoms with Crippen LogP contribution in [0.3, 0.4) is 0 Å². The van der Waals surface area contributed by atoms with E-state index in [1.165, 1.54) is 0 Å². The van der Waals surface area contributed by atoms with Crippen LogP contribution in [0.2, 0.25) is 10.0 Å². The number of piperidine rings is 1. The molecule has 6 heteroatoms. The van der Waals surface area contributed by atoms with Gasteiger partial charge in [-0.1, -0.05) is 29.3 Å². The molecule has 0 radical (unpaired) electrons. The van der Waals surface area contributed by atoms with Crippen LogP contribution in [0, 0.1) is 5.92 Å². The predicted molar refractivity (Wildman–Crippen MR) is 83.4 cm³/mol. The molecule has 0 spiro atoms. The second-order valence-electron chi connectivity index (χ2n) is 5.34. The van der Waals surface area contributed by atoms with Gasteiger partial charge in [-0.2, -0.15) is 0 Å². The summed E-state index contributed by atoms with van der Waals surface area (Å²) in [5.41, 5.74) is 0. The zero-order valence-electron chi connectivity index (χ0n) is 11.9. The second-order valence-corrected chi connectivity index (χ2v) is 6.16. The Morgan fingerprint density at radius 1 is 1.43 bits per heavy atom. The SMILES string of the molecule is CC1CC(C(=O)O)CCN1CCOc1c(Cl)cccc1Cl. The number of rotatable bonds is 5. The van der Waals surface area contributed by atoms with Crippen LogP contribution in [0.1, 0.15) is 19.8 Å². The van der Waals surface area contributed by atoms with Crippen molar-refractivity contribution >= 4 is 29.2 Å². The summed E-state index contributed by atoms with van der Waals surface area (Å²) in [7, 11) is 0. The van der Waals surface area contributed by atoms with Crippen molar-refractivity contribution in [1.82, 2.24) is 4.90 Å². The summed E-state index contributed by atoms with van der Waals surface area (Å²) < 4.78 is 5.67. The van der Waals surface area contributed by atoms with Gasteiger partial charge in [0.05, 0.1) is 16.0 Å². The van der Waals surface area contributed by atoms with E-state index < -0.39 is 5.97 Å². The van der Waals surface area contributed by atoms with Gasteiger partial charge in [0.15, 0.2) is 5.75 Å². The number of aliphatic carboxylic acids is 1. The molecule has 0 amide bonds. The minimum Gasteiger partial charge on any atom is -0.489 e. The van der Waals surface area contributed by atoms with Crippen molar-refractivity contribution in [2.75, 3.05) is 19.7 Å². The van der Waals surface area contributed by atoms with E-state index in [1.807, 2.05) is 0 Å². The maximum absolute atomic E-state index is 11.0. The summed E-state index contributed by atoms with van der Waals surface area (Å²) in [5.74, 6) is -0.412. The average Bonchev–Trinajstić information content (AvgIpc) is 2.43. The van der Waals surface area contributed by atoms with Crippen LogP contribution in [0.25, 0.3) is 0 Å². The molecule has 0 aromatic heterocycles. The highest BCUT2D eigenvalue weighted by atomic mass is 35.5. The fourth-order valence-corrected chi connectivity index (χ4v) is 3.17. The number of benzene rings is 1. The Morgan fingerprint density at radius 3 is 2.67 bits per heavy atom. The topological polar surface area (TPSA) is 49.8 Å². The zero-order valence-corrected chi connectivity index (χ0v) is 13.4. The van der Waals surface area contributed by atoms with Crippen molar-refractivity contribution in [2.24, 2.45) is 5.92 Å². The lowest BCUT2D eigenvalue weighted by atomic mass is 9.92. The van der Waals surface area contributed by atoms with Gasteiger partial charge < -0.3 is 9.84 Å². The second kappa shape index (κ2) is 7.34. The molecule has 1 N–H and O–H groups in total. The van der Waals surface area contributed by atoms with Crippen molar-refractivity contribution in [1.29, 1.82) is 0 Å². The highest BCUT2D eigenvalue weighted by molar-refractivity contribution is 6.37. The van der Waals surface area contributed by atoms with Gasteiger partial charge in [0, 0.05) is 12.6 Å². The van der Waals surface area contributed by atoms with Crippen LogP contribution in [0.5, 0.6) is 5.75 Å². The first-order valence-electron chi connectivity index (χ1n) is 7.02. The standard InChI is InChI=1S/C15H19Cl2NO3/c1-10-9-11(15(19)20)5-6-18(10)7-8-21-14-12(16)3-2-4-13(14)17/h2-4,10-11H,5-9H2,1H3,(H,19,20). The Bertz CT molecular complexity index is 489. The van der Waals surface area contributed by atoms with Crippen molar-refractivity contribution in [2.45, 2.75) is 25.8 Å². The molecular weight excluding hydrogens is 313 g/mol. The lowest BCUT2D eigenvalue weighted by Crippen LogP contribution is -2.44. The van der Waals surface area contributed by atoms with Gasteiger partial charge >= 0.3 is 5.97 Å². The molecule has 21 heavy (non-hydrogen) atoms. The van der Waals surface area contributed by atoms with Gasteiger partial charge in [0.1, 0.15) is 6.61 Å². The molecule has 1 fully saturated rings. The smallest absolute Gasteiger partial charge is 0.306 e. The van der Waals surface area contributed by atoms with E-state index >= 15 is 0 Å². The van der Waals surface area contributed by atoms with E-state index in [0.29, 0.717) is 35.2 Å². The number of nitrogens with zero attached hydrogens (tertiary/aromatic N) is 1. The summed E-state index contributed by atoms with van der Waals surface area (Å²) in [5, 5.41) is 10.1. The number of hydrogen-bond acceptors (Lipinski definition) is 3. The summed E-state index contributed by atoms with van der Waals surface area (Å²) in [6, 6.07) is 5.49. The lowest BCUT2D eigenvalue weighted by Gasteiger charge is -2.36. The number of halogens is 2. The third-order valence-electron chi connectivity index (χ3n) is 3.91. The summed E-state index contributed by atoms with van der Waals surface area (Å²) in [6.07, 6.45) is 1.37. The molecule has 0 aliphatic carbocycles. The van der Waals surface area contributed by atoms with Gasteiger partial charge in [-0.15, -0.1) is 0 Å². The molecule has 1 aliphatic heterocycles. The van der Waals surface area contributed by atoms with Crippen LogP contribution >= 0.6 is 23.2 Å². The Labute approximate surface area is 134 Å². The van der Waals surface area contributed by atoms with Gasteiger partial charge in [0.2, 0.25) is 0 Å². The van der Waals surface area contributed by atoms with Crippen LogP contribution in [0.15, 0.2) is 18.2 Å². The number of carboxylic acids is 1. The van der Waals surface area contributed by atoms with E-state index in [9.17, 15) is 4.79 Å². The van der Waals surface area contributed by atoms with Crippen LogP contribution in [0.4, 0.5) is 0 Å². The molecule has 0 bridgehead atoms. The third-order valence-corrected chi connectivity index (χ3v) is 4.50. The highest BCUT2D eigenvalue weighted by Gasteiger charge is 2.29. The summed E-state index contributed by atoms with van der Waals surface area (Å²) >= 11 is 12.1. The van der Waals surface area contributed by atoms with Crippen molar-refractivity contribution in [3.05, 3.63) is 28.2 Å². The maximum Gasteiger partial charge on any atom is 0.306 e. The minimum absolute atomic E-state index is 0.227. The number of ether oxygens (including phenoxy) is 1. The minimum atomic E-state index is -0.694. The van der Waals surface area contributed by atoms with E-state index in [1.54, 1.807) is 18.2 Å². The Morgan fingerprint density at radius 2 is 2.10 bits per heavy atom. The number of likely N-dealkylation sites (tertiary alicyclic amines) is 1. The molecular formula is C15H19Cl2NO3. The van der Waals surface area contributed by atoms with E-state index in [0.717, 1.165) is 13.1 Å². The predicted octanol–water partition coefficient (Wildman–Crippen LogP) is 3.56. The first kappa shape index (κ1) is 16.4. The van der Waals surface area contributed by atoms with Gasteiger partial charge in [-0.3, -0.25) is 9.69 Å². The highest BCUT2D eigenvalue weighted by Crippen LogP contribution is 2.32. The molecule has 1 aliphatic rings. The lowest BCUT2D eigenvalue weighted by molar-refractivity contribution is -0.144. The molecule has 0 saturated carbocycles. The largest absolute Gasteiger partial charge is 0.489 e. The number of hydrogen-bond donors (Lipinski definition) is 1. The van der Waals surface area contributed by atoms with E-state index in [4.69, 9.17) is 33.0 Å². The Kier molecular flexibility index (Phi) is 5.73. The molecule has 1 aromatic rings. The Balaban J connectivity index is 1.83. The van der Waals surface area contributed by atoms with E-state index in [2.05, 4.69) is 11.8 Å². The zero-order chi connectivity index (χ0) is 15.4. The summed E-state index contributed by atoms with van der Waals surface area (Å²) in [6.45, 7) is 4.04. The van der Waals surface area contributed by atoms with Gasteiger partial charge in [-0.25, -0.2) is 0 Å². The first-order chi connectivity index (χ1) is 9.99. The van der Waals surface area contributed by atoms with Crippen LogP contribution in [-0.2, 0) is 4.79 Å². The number of carbonyl (C=O) groups is 1. The monoisotopic (exact) mass is 331 g/mol. The fraction of sp³-hybridized carbons (Fsp3) is 0.533. The average molecular weight is 332 g/mol. The first-order valence-corrected chi connectivity index (χ1v) is 7.78. The van der Waals surface area contributed by atoms with Crippen molar-refractivity contribution in [3.63, 3.8) is 0 Å². The normalized spacial score (nSPS) is 23.0. The van der Waals surface area contributed by atoms with E-state index in [-0.39, 0.29) is 12.0 Å². The van der Waals surface area contributed by atoms with Crippen molar-refractivity contribution in [3.8, 4) is 5.75 Å². The fourth-order valence-electron chi connectivity index (χ4n) is 2.66. The van der Waals surface area contributed by atoms with Crippen LogP contribution < -0.4 is 4.74 Å². The molecule has 2 unspecified atom stereocenters. The molecule has 4 nitrogen and oxygen atoms in total. The van der Waals surface area contributed by atoms with Gasteiger partial charge in [0.25, 0.3) is 0 Å². The van der Waals surface area contributed by atoms with Gasteiger partial charge in [-0.05, 0) is 38.4 Å². The summed E-state index contributed by atoms with van der Waals surface area (Å²) in [4.78, 5) is 13.2. The molecule has 1 heterocycles. The molecule has 2 rings (SSSR count).